The van der Waals surface area contributed by atoms with Gasteiger partial charge in [-0.05, 0) is 37.3 Å². The molecule has 0 bridgehead atoms. The molecule has 0 saturated heterocycles. The van der Waals surface area contributed by atoms with Crippen molar-refractivity contribution in [2.24, 2.45) is 5.92 Å². The average molecular weight is 335 g/mol. The first-order valence-electron chi connectivity index (χ1n) is 7.44. The van der Waals surface area contributed by atoms with Gasteiger partial charge in [0.05, 0.1) is 15.1 Å². The second-order valence-electron chi connectivity index (χ2n) is 5.71. The van der Waals surface area contributed by atoms with Crippen LogP contribution >= 0.6 is 34.8 Å². The summed E-state index contributed by atoms with van der Waals surface area (Å²) in [5.41, 5.74) is 1.03. The van der Waals surface area contributed by atoms with Crippen molar-refractivity contribution in [3.8, 4) is 0 Å². The molecule has 0 aliphatic heterocycles. The standard InChI is InChI=1S/C16H22Cl3N/c1-3-11-6-4-5-7-14(11)20-10(2)12-8-9-13(17)16(19)15(12)18/h8-11,14,20H,3-7H2,1-2H3. The van der Waals surface area contributed by atoms with Crippen LogP contribution in [-0.2, 0) is 0 Å². The SMILES string of the molecule is CCC1CCCCC1NC(C)c1ccc(Cl)c(Cl)c1Cl. The van der Waals surface area contributed by atoms with Gasteiger partial charge in [0.2, 0.25) is 0 Å². The molecule has 20 heavy (non-hydrogen) atoms. The molecule has 0 radical (unpaired) electrons. The second kappa shape index (κ2) is 7.35. The fraction of sp³-hybridized carbons (Fsp3) is 0.625. The third-order valence-electron chi connectivity index (χ3n) is 4.43. The molecule has 1 nitrogen and oxygen atoms in total. The van der Waals surface area contributed by atoms with Crippen LogP contribution in [0.25, 0.3) is 0 Å². The summed E-state index contributed by atoms with van der Waals surface area (Å²) in [6.07, 6.45) is 6.49. The van der Waals surface area contributed by atoms with E-state index in [1.54, 1.807) is 0 Å². The predicted molar refractivity (Wildman–Crippen MR) is 89.1 cm³/mol. The topological polar surface area (TPSA) is 12.0 Å². The third-order valence-corrected chi connectivity index (χ3v) is 5.74. The van der Waals surface area contributed by atoms with Gasteiger partial charge in [-0.15, -0.1) is 0 Å². The Morgan fingerprint density at radius 3 is 2.55 bits per heavy atom. The molecule has 112 valence electrons. The van der Waals surface area contributed by atoms with Gasteiger partial charge in [0.25, 0.3) is 0 Å². The van der Waals surface area contributed by atoms with Crippen molar-refractivity contribution >= 4 is 34.8 Å². The van der Waals surface area contributed by atoms with Gasteiger partial charge in [0.15, 0.2) is 0 Å². The molecule has 4 heteroatoms. The van der Waals surface area contributed by atoms with Crippen LogP contribution in [0.1, 0.15) is 57.6 Å². The lowest BCUT2D eigenvalue weighted by molar-refractivity contribution is 0.241. The summed E-state index contributed by atoms with van der Waals surface area (Å²) in [6, 6.07) is 4.56. The number of benzene rings is 1. The Morgan fingerprint density at radius 1 is 1.15 bits per heavy atom. The van der Waals surface area contributed by atoms with Gasteiger partial charge in [-0.1, -0.05) is 67.1 Å². The highest BCUT2D eigenvalue weighted by molar-refractivity contribution is 6.48. The Bertz CT molecular complexity index is 461. The van der Waals surface area contributed by atoms with Gasteiger partial charge in [-0.2, -0.15) is 0 Å². The number of hydrogen-bond acceptors (Lipinski definition) is 1. The molecule has 1 saturated carbocycles. The Hall–Kier alpha value is 0.0500. The van der Waals surface area contributed by atoms with Crippen molar-refractivity contribution in [1.29, 1.82) is 0 Å². The van der Waals surface area contributed by atoms with Gasteiger partial charge in [0, 0.05) is 12.1 Å². The molecule has 1 aromatic rings. The Morgan fingerprint density at radius 2 is 1.85 bits per heavy atom. The minimum absolute atomic E-state index is 0.189. The largest absolute Gasteiger partial charge is 0.307 e. The van der Waals surface area contributed by atoms with E-state index in [9.17, 15) is 0 Å². The lowest BCUT2D eigenvalue weighted by Gasteiger charge is -2.34. The number of nitrogens with one attached hydrogen (secondary N) is 1. The molecule has 0 aromatic heterocycles. The first-order valence-corrected chi connectivity index (χ1v) is 8.57. The summed E-state index contributed by atoms with van der Waals surface area (Å²) < 4.78 is 0. The second-order valence-corrected chi connectivity index (χ2v) is 6.88. The van der Waals surface area contributed by atoms with Crippen molar-refractivity contribution in [2.45, 2.75) is 58.0 Å². The van der Waals surface area contributed by atoms with Gasteiger partial charge in [0.1, 0.15) is 0 Å². The molecule has 0 amide bonds. The smallest absolute Gasteiger partial charge is 0.0781 e. The summed E-state index contributed by atoms with van der Waals surface area (Å²) in [5.74, 6) is 0.771. The maximum Gasteiger partial charge on any atom is 0.0781 e. The van der Waals surface area contributed by atoms with E-state index < -0.39 is 0 Å². The Balaban J connectivity index is 2.11. The first-order chi connectivity index (χ1) is 9.54. The van der Waals surface area contributed by atoms with E-state index >= 15 is 0 Å². The van der Waals surface area contributed by atoms with Crippen LogP contribution in [0.3, 0.4) is 0 Å². The first kappa shape index (κ1) is 16.4. The van der Waals surface area contributed by atoms with Crippen molar-refractivity contribution in [3.63, 3.8) is 0 Å². The van der Waals surface area contributed by atoms with Crippen LogP contribution in [0, 0.1) is 5.92 Å². The molecule has 1 aliphatic carbocycles. The number of halogens is 3. The molecule has 0 spiro atoms. The number of hydrogen-bond donors (Lipinski definition) is 1. The third kappa shape index (κ3) is 3.62. The monoisotopic (exact) mass is 333 g/mol. The molecule has 3 unspecified atom stereocenters. The Kier molecular flexibility index (Phi) is 6.04. The van der Waals surface area contributed by atoms with Crippen molar-refractivity contribution in [1.82, 2.24) is 5.32 Å². The summed E-state index contributed by atoms with van der Waals surface area (Å²) in [6.45, 7) is 4.42. The fourth-order valence-electron chi connectivity index (χ4n) is 3.20. The normalized spacial score (nSPS) is 24.6. The quantitative estimate of drug-likeness (QED) is 0.640. The van der Waals surface area contributed by atoms with E-state index in [-0.39, 0.29) is 6.04 Å². The van der Waals surface area contributed by atoms with E-state index in [1.165, 1.54) is 32.1 Å². The van der Waals surface area contributed by atoms with Crippen molar-refractivity contribution < 1.29 is 0 Å². The zero-order valence-electron chi connectivity index (χ0n) is 12.1. The van der Waals surface area contributed by atoms with Crippen molar-refractivity contribution in [2.75, 3.05) is 0 Å². The highest BCUT2D eigenvalue weighted by Crippen LogP contribution is 2.36. The van der Waals surface area contributed by atoms with Crippen LogP contribution in [0.5, 0.6) is 0 Å². The van der Waals surface area contributed by atoms with Crippen LogP contribution in [-0.4, -0.2) is 6.04 Å². The molecule has 0 heterocycles. The van der Waals surface area contributed by atoms with Gasteiger partial charge in [-0.25, -0.2) is 0 Å². The molecule has 1 aromatic carbocycles. The fourth-order valence-corrected chi connectivity index (χ4v) is 3.91. The molecule has 3 atom stereocenters. The van der Waals surface area contributed by atoms with E-state index in [2.05, 4.69) is 19.2 Å². The predicted octanol–water partition coefficient (Wildman–Crippen LogP) is 6.27. The van der Waals surface area contributed by atoms with Crippen LogP contribution < -0.4 is 5.32 Å². The minimum atomic E-state index is 0.189. The summed E-state index contributed by atoms with van der Waals surface area (Å²) in [7, 11) is 0. The summed E-state index contributed by atoms with van der Waals surface area (Å²) in [5, 5.41) is 5.27. The van der Waals surface area contributed by atoms with Crippen LogP contribution in [0.2, 0.25) is 15.1 Å². The molecule has 2 rings (SSSR count). The summed E-state index contributed by atoms with van der Waals surface area (Å²) in [4.78, 5) is 0. The zero-order valence-corrected chi connectivity index (χ0v) is 14.3. The van der Waals surface area contributed by atoms with Crippen LogP contribution in [0.4, 0.5) is 0 Å². The van der Waals surface area contributed by atoms with E-state index in [0.717, 1.165) is 11.5 Å². The highest BCUT2D eigenvalue weighted by atomic mass is 35.5. The lowest BCUT2D eigenvalue weighted by Crippen LogP contribution is -2.39. The maximum atomic E-state index is 6.32. The summed E-state index contributed by atoms with van der Waals surface area (Å²) >= 11 is 18.5. The number of rotatable bonds is 4. The Labute approximate surface area is 137 Å². The zero-order chi connectivity index (χ0) is 14.7. The molecule has 1 fully saturated rings. The minimum Gasteiger partial charge on any atom is -0.307 e. The molecular formula is C16H22Cl3N. The maximum absolute atomic E-state index is 6.32. The van der Waals surface area contributed by atoms with Crippen LogP contribution in [0.15, 0.2) is 12.1 Å². The van der Waals surface area contributed by atoms with Gasteiger partial charge < -0.3 is 5.32 Å². The molecule has 1 N–H and O–H groups in total. The highest BCUT2D eigenvalue weighted by Gasteiger charge is 2.25. The van der Waals surface area contributed by atoms with Crippen molar-refractivity contribution in [3.05, 3.63) is 32.8 Å². The van der Waals surface area contributed by atoms with E-state index in [1.807, 2.05) is 12.1 Å². The van der Waals surface area contributed by atoms with E-state index in [0.29, 0.717) is 21.1 Å². The molecular weight excluding hydrogens is 313 g/mol. The van der Waals surface area contributed by atoms with Gasteiger partial charge >= 0.3 is 0 Å². The average Bonchev–Trinajstić information content (AvgIpc) is 2.45. The van der Waals surface area contributed by atoms with Gasteiger partial charge in [-0.3, -0.25) is 0 Å². The molecule has 1 aliphatic rings. The van der Waals surface area contributed by atoms with E-state index in [4.69, 9.17) is 34.8 Å². The lowest BCUT2D eigenvalue weighted by atomic mass is 9.82.